The van der Waals surface area contributed by atoms with Crippen molar-refractivity contribution in [3.05, 3.63) is 0 Å². The first-order chi connectivity index (χ1) is 10.8. The van der Waals surface area contributed by atoms with Crippen LogP contribution >= 0.6 is 0 Å². The summed E-state index contributed by atoms with van der Waals surface area (Å²) in [6.45, 7) is 1.36. The van der Waals surface area contributed by atoms with E-state index in [9.17, 15) is 25.5 Å². The zero-order valence-corrected chi connectivity index (χ0v) is 12.9. The predicted molar refractivity (Wildman–Crippen MR) is 75.3 cm³/mol. The summed E-state index contributed by atoms with van der Waals surface area (Å²) in [5, 5.41) is 57.1. The molecule has 0 bridgehead atoms. The lowest BCUT2D eigenvalue weighted by molar-refractivity contribution is -0.261. The molecule has 0 aromatic heterocycles. The second kappa shape index (κ2) is 8.15. The zero-order chi connectivity index (χ0) is 17.1. The quantitative estimate of drug-likeness (QED) is 0.310. The zero-order valence-electron chi connectivity index (χ0n) is 12.9. The molecule has 0 spiro atoms. The van der Waals surface area contributed by atoms with Crippen LogP contribution in [0.1, 0.15) is 19.8 Å². The Bertz CT molecular complexity index is 356. The molecule has 6 N–H and O–H groups in total. The SMILES string of the molecule is CC(OC[C@@H]1C[C@H](O)[C@@H](O)[C@H](O)O1)C1C[C@@H](O)[C@H](O)[C@@H](CO)O1. The van der Waals surface area contributed by atoms with Gasteiger partial charge in [-0.2, -0.15) is 0 Å². The summed E-state index contributed by atoms with van der Waals surface area (Å²) in [6, 6.07) is 0. The second-order valence-corrected chi connectivity index (χ2v) is 6.17. The third-order valence-corrected chi connectivity index (χ3v) is 4.37. The maximum Gasteiger partial charge on any atom is 0.183 e. The van der Waals surface area contributed by atoms with E-state index in [-0.39, 0.29) is 19.4 Å². The van der Waals surface area contributed by atoms with Gasteiger partial charge in [0, 0.05) is 12.8 Å². The van der Waals surface area contributed by atoms with E-state index >= 15 is 0 Å². The Labute approximate surface area is 134 Å². The molecule has 9 nitrogen and oxygen atoms in total. The summed E-state index contributed by atoms with van der Waals surface area (Å²) in [5.74, 6) is 0. The molecule has 2 heterocycles. The molecule has 2 fully saturated rings. The van der Waals surface area contributed by atoms with Crippen molar-refractivity contribution in [3.8, 4) is 0 Å². The van der Waals surface area contributed by atoms with Gasteiger partial charge in [-0.3, -0.25) is 0 Å². The minimum absolute atomic E-state index is 0.0598. The molecule has 0 aromatic rings. The lowest BCUT2D eigenvalue weighted by Crippen LogP contribution is -2.53. The molecule has 23 heavy (non-hydrogen) atoms. The maximum atomic E-state index is 9.80. The van der Waals surface area contributed by atoms with Gasteiger partial charge in [-0.05, 0) is 6.92 Å². The van der Waals surface area contributed by atoms with Crippen LogP contribution in [0.4, 0.5) is 0 Å². The predicted octanol–water partition coefficient (Wildman–Crippen LogP) is -2.91. The van der Waals surface area contributed by atoms with Crippen LogP contribution in [0.25, 0.3) is 0 Å². The average Bonchev–Trinajstić information content (AvgIpc) is 2.52. The van der Waals surface area contributed by atoms with Gasteiger partial charge in [-0.25, -0.2) is 0 Å². The van der Waals surface area contributed by atoms with E-state index in [0.717, 1.165) is 0 Å². The Morgan fingerprint density at radius 1 is 1.00 bits per heavy atom. The highest BCUT2D eigenvalue weighted by Gasteiger charge is 2.40. The molecule has 0 aliphatic carbocycles. The molecule has 9 atom stereocenters. The van der Waals surface area contributed by atoms with Crippen molar-refractivity contribution in [2.75, 3.05) is 13.2 Å². The number of ether oxygens (including phenoxy) is 3. The van der Waals surface area contributed by atoms with Crippen LogP contribution in [0.2, 0.25) is 0 Å². The van der Waals surface area contributed by atoms with E-state index in [1.807, 2.05) is 0 Å². The van der Waals surface area contributed by atoms with Crippen LogP contribution in [-0.2, 0) is 14.2 Å². The number of hydrogen-bond acceptors (Lipinski definition) is 9. The topological polar surface area (TPSA) is 149 Å². The van der Waals surface area contributed by atoms with Gasteiger partial charge in [-0.1, -0.05) is 0 Å². The summed E-state index contributed by atoms with van der Waals surface area (Å²) in [6.07, 6.45) is -8.21. The highest BCUT2D eigenvalue weighted by molar-refractivity contribution is 4.88. The van der Waals surface area contributed by atoms with E-state index in [4.69, 9.17) is 19.3 Å². The first-order valence-corrected chi connectivity index (χ1v) is 7.77. The molecular weight excluding hydrogens is 312 g/mol. The maximum absolute atomic E-state index is 9.80. The molecule has 2 unspecified atom stereocenters. The molecule has 0 amide bonds. The van der Waals surface area contributed by atoms with Crippen LogP contribution in [0.15, 0.2) is 0 Å². The Hall–Kier alpha value is -0.360. The van der Waals surface area contributed by atoms with Crippen molar-refractivity contribution in [1.82, 2.24) is 0 Å². The lowest BCUT2D eigenvalue weighted by atomic mass is 9.95. The van der Waals surface area contributed by atoms with E-state index in [1.54, 1.807) is 6.92 Å². The largest absolute Gasteiger partial charge is 0.394 e. The normalized spacial score (nSPS) is 46.6. The Kier molecular flexibility index (Phi) is 6.72. The molecule has 2 saturated heterocycles. The van der Waals surface area contributed by atoms with Crippen molar-refractivity contribution in [2.24, 2.45) is 0 Å². The summed E-state index contributed by atoms with van der Waals surface area (Å²) < 4.78 is 16.3. The first-order valence-electron chi connectivity index (χ1n) is 7.77. The fourth-order valence-corrected chi connectivity index (χ4v) is 2.84. The Morgan fingerprint density at radius 2 is 1.65 bits per heavy atom. The molecule has 2 aliphatic rings. The molecule has 0 aromatic carbocycles. The van der Waals surface area contributed by atoms with E-state index in [0.29, 0.717) is 0 Å². The van der Waals surface area contributed by atoms with Crippen LogP contribution < -0.4 is 0 Å². The second-order valence-electron chi connectivity index (χ2n) is 6.17. The fourth-order valence-electron chi connectivity index (χ4n) is 2.84. The molecular formula is C14H26O9. The third kappa shape index (κ3) is 4.59. The standard InChI is InChI=1S/C14H26O9/c1-6(10-3-9(17)12(18)11(4-15)23-10)21-5-7-2-8(16)13(19)14(20)22-7/h6-20H,2-5H2,1H3/t6?,7-,8-,9+,10?,11+,12-,13+,14+/m0/s1. The minimum Gasteiger partial charge on any atom is -0.394 e. The summed E-state index contributed by atoms with van der Waals surface area (Å²) >= 11 is 0. The molecule has 2 rings (SSSR count). The minimum atomic E-state index is -1.47. The van der Waals surface area contributed by atoms with Crippen LogP contribution in [0.3, 0.4) is 0 Å². The number of hydrogen-bond donors (Lipinski definition) is 6. The van der Waals surface area contributed by atoms with Gasteiger partial charge in [0.05, 0.1) is 43.7 Å². The Morgan fingerprint density at radius 3 is 2.26 bits per heavy atom. The molecule has 9 heteroatoms. The van der Waals surface area contributed by atoms with Gasteiger partial charge in [-0.15, -0.1) is 0 Å². The Balaban J connectivity index is 1.81. The van der Waals surface area contributed by atoms with Crippen LogP contribution in [0.5, 0.6) is 0 Å². The fraction of sp³-hybridized carbons (Fsp3) is 1.00. The van der Waals surface area contributed by atoms with Gasteiger partial charge >= 0.3 is 0 Å². The molecule has 0 saturated carbocycles. The van der Waals surface area contributed by atoms with Gasteiger partial charge in [0.2, 0.25) is 0 Å². The van der Waals surface area contributed by atoms with E-state index < -0.39 is 61.7 Å². The monoisotopic (exact) mass is 338 g/mol. The van der Waals surface area contributed by atoms with Crippen molar-refractivity contribution in [2.45, 2.75) is 74.9 Å². The van der Waals surface area contributed by atoms with Gasteiger partial charge < -0.3 is 44.8 Å². The molecule has 136 valence electrons. The summed E-state index contributed by atoms with van der Waals surface area (Å²) in [7, 11) is 0. The highest BCUT2D eigenvalue weighted by Crippen LogP contribution is 2.25. The van der Waals surface area contributed by atoms with Gasteiger partial charge in [0.1, 0.15) is 18.3 Å². The highest BCUT2D eigenvalue weighted by atomic mass is 16.6. The molecule has 2 aliphatic heterocycles. The summed E-state index contributed by atoms with van der Waals surface area (Å²) in [5.41, 5.74) is 0. The number of aliphatic hydroxyl groups is 6. The van der Waals surface area contributed by atoms with E-state index in [1.165, 1.54) is 0 Å². The van der Waals surface area contributed by atoms with Crippen LogP contribution in [-0.4, -0.2) is 99.0 Å². The third-order valence-electron chi connectivity index (χ3n) is 4.37. The van der Waals surface area contributed by atoms with Crippen molar-refractivity contribution >= 4 is 0 Å². The summed E-state index contributed by atoms with van der Waals surface area (Å²) in [4.78, 5) is 0. The van der Waals surface area contributed by atoms with Crippen molar-refractivity contribution in [1.29, 1.82) is 0 Å². The number of rotatable bonds is 5. The first kappa shape index (κ1) is 19.0. The van der Waals surface area contributed by atoms with E-state index in [2.05, 4.69) is 0 Å². The van der Waals surface area contributed by atoms with Crippen LogP contribution in [0, 0.1) is 0 Å². The molecule has 0 radical (unpaired) electrons. The van der Waals surface area contributed by atoms with Crippen molar-refractivity contribution < 1.29 is 44.8 Å². The average molecular weight is 338 g/mol. The van der Waals surface area contributed by atoms with Gasteiger partial charge in [0.15, 0.2) is 6.29 Å². The van der Waals surface area contributed by atoms with Gasteiger partial charge in [0.25, 0.3) is 0 Å². The van der Waals surface area contributed by atoms with Crippen molar-refractivity contribution in [3.63, 3.8) is 0 Å². The number of aliphatic hydroxyl groups excluding tert-OH is 6. The smallest absolute Gasteiger partial charge is 0.183 e. The lowest BCUT2D eigenvalue weighted by Gasteiger charge is -2.39.